The van der Waals surface area contributed by atoms with Gasteiger partial charge in [-0.05, 0) is 51.9 Å². The summed E-state index contributed by atoms with van der Waals surface area (Å²) in [4.78, 5) is 25.8. The molecular weight excluding hydrogens is 397 g/mol. The third-order valence-electron chi connectivity index (χ3n) is 6.18. The first kappa shape index (κ1) is 19.3. The van der Waals surface area contributed by atoms with Gasteiger partial charge < -0.3 is 14.7 Å². The molecule has 0 aromatic heterocycles. The smallest absolute Gasteiger partial charge is 0.410 e. The molecule has 0 atom stereocenters. The summed E-state index contributed by atoms with van der Waals surface area (Å²) in [5, 5.41) is 9.43. The number of hydrogen-bond donors (Lipinski definition) is 1. The van der Waals surface area contributed by atoms with Gasteiger partial charge in [-0.1, -0.05) is 48.5 Å². The summed E-state index contributed by atoms with van der Waals surface area (Å²) in [5.74, 6) is -1.63. The van der Waals surface area contributed by atoms with E-state index in [1.807, 2.05) is 36.4 Å². The van der Waals surface area contributed by atoms with Gasteiger partial charge in [0.1, 0.15) is 12.4 Å². The molecule has 1 N–H and O–H groups in total. The highest BCUT2D eigenvalue weighted by molar-refractivity contribution is 5.90. The third-order valence-corrected chi connectivity index (χ3v) is 6.18. The van der Waals surface area contributed by atoms with Crippen molar-refractivity contribution >= 4 is 12.1 Å². The number of ether oxygens (including phenoxy) is 1. The first-order valence-electron chi connectivity index (χ1n) is 10.2. The van der Waals surface area contributed by atoms with Crippen LogP contribution in [0.4, 0.5) is 9.18 Å². The summed E-state index contributed by atoms with van der Waals surface area (Å²) in [6.45, 7) is 0.486. The number of carboxylic acids is 1. The summed E-state index contributed by atoms with van der Waals surface area (Å²) in [6.07, 6.45) is -0.264. The SMILES string of the molecule is O=C(O)c1ccc(F)c2c1CN(C(=O)OCC1c3ccccc3-c3ccccc31)CC2. The molecule has 5 rings (SSSR count). The minimum atomic E-state index is -1.13. The number of halogens is 1. The van der Waals surface area contributed by atoms with Crippen LogP contribution in [0.25, 0.3) is 11.1 Å². The number of amides is 1. The molecule has 3 aromatic rings. The zero-order valence-electron chi connectivity index (χ0n) is 16.7. The predicted octanol–water partition coefficient (Wildman–Crippen LogP) is 4.83. The molecule has 0 spiro atoms. The van der Waals surface area contributed by atoms with Crippen LogP contribution in [0.3, 0.4) is 0 Å². The van der Waals surface area contributed by atoms with Crippen LogP contribution in [-0.2, 0) is 17.7 Å². The number of fused-ring (bicyclic) bond motifs is 4. The van der Waals surface area contributed by atoms with Crippen LogP contribution in [0.2, 0.25) is 0 Å². The van der Waals surface area contributed by atoms with E-state index < -0.39 is 17.9 Å². The van der Waals surface area contributed by atoms with E-state index in [2.05, 4.69) is 12.1 Å². The van der Waals surface area contributed by atoms with Crippen LogP contribution < -0.4 is 0 Å². The molecule has 0 radical (unpaired) electrons. The van der Waals surface area contributed by atoms with Gasteiger partial charge >= 0.3 is 12.1 Å². The maximum Gasteiger partial charge on any atom is 0.410 e. The van der Waals surface area contributed by atoms with Gasteiger partial charge in [0.25, 0.3) is 0 Å². The number of carbonyl (C=O) groups excluding carboxylic acids is 1. The Bertz CT molecular complexity index is 1160. The molecule has 1 aliphatic heterocycles. The molecule has 0 saturated heterocycles. The van der Waals surface area contributed by atoms with Crippen LogP contribution in [-0.4, -0.2) is 35.2 Å². The van der Waals surface area contributed by atoms with Crippen molar-refractivity contribution in [3.63, 3.8) is 0 Å². The van der Waals surface area contributed by atoms with Gasteiger partial charge in [0.15, 0.2) is 0 Å². The molecule has 5 nitrogen and oxygen atoms in total. The largest absolute Gasteiger partial charge is 0.478 e. The van der Waals surface area contributed by atoms with Crippen molar-refractivity contribution < 1.29 is 23.8 Å². The van der Waals surface area contributed by atoms with Gasteiger partial charge in [0.05, 0.1) is 12.1 Å². The molecule has 156 valence electrons. The van der Waals surface area contributed by atoms with Gasteiger partial charge in [-0.25, -0.2) is 14.0 Å². The minimum absolute atomic E-state index is 0.0192. The molecule has 2 aliphatic rings. The van der Waals surface area contributed by atoms with Gasteiger partial charge in [-0.15, -0.1) is 0 Å². The highest BCUT2D eigenvalue weighted by Gasteiger charge is 2.31. The number of rotatable bonds is 3. The second-order valence-corrected chi connectivity index (χ2v) is 7.83. The fourth-order valence-electron chi connectivity index (χ4n) is 4.67. The van der Waals surface area contributed by atoms with Crippen LogP contribution >= 0.6 is 0 Å². The second kappa shape index (κ2) is 7.54. The van der Waals surface area contributed by atoms with Crippen molar-refractivity contribution in [3.05, 3.63) is 94.3 Å². The van der Waals surface area contributed by atoms with E-state index in [4.69, 9.17) is 4.74 Å². The Balaban J connectivity index is 1.35. The lowest BCUT2D eigenvalue weighted by atomic mass is 9.94. The lowest BCUT2D eigenvalue weighted by Crippen LogP contribution is -2.38. The Labute approximate surface area is 178 Å². The van der Waals surface area contributed by atoms with Crippen LogP contribution in [0, 0.1) is 5.82 Å². The van der Waals surface area contributed by atoms with Crippen molar-refractivity contribution in [3.8, 4) is 11.1 Å². The normalized spacial score (nSPS) is 14.5. The summed E-state index contributed by atoms with van der Waals surface area (Å²) >= 11 is 0. The van der Waals surface area contributed by atoms with Gasteiger partial charge in [-0.2, -0.15) is 0 Å². The Hall–Kier alpha value is -3.67. The number of hydrogen-bond acceptors (Lipinski definition) is 3. The predicted molar refractivity (Wildman–Crippen MR) is 113 cm³/mol. The minimum Gasteiger partial charge on any atom is -0.478 e. The quantitative estimate of drug-likeness (QED) is 0.663. The molecule has 3 aromatic carbocycles. The van der Waals surface area contributed by atoms with Crippen molar-refractivity contribution in [2.24, 2.45) is 0 Å². The summed E-state index contributed by atoms with van der Waals surface area (Å²) < 4.78 is 19.8. The lowest BCUT2D eigenvalue weighted by molar-refractivity contribution is 0.0688. The maximum atomic E-state index is 14.1. The van der Waals surface area contributed by atoms with E-state index in [-0.39, 0.29) is 37.6 Å². The van der Waals surface area contributed by atoms with E-state index in [1.165, 1.54) is 17.0 Å². The van der Waals surface area contributed by atoms with E-state index in [0.29, 0.717) is 11.1 Å². The average Bonchev–Trinajstić information content (AvgIpc) is 3.11. The van der Waals surface area contributed by atoms with Gasteiger partial charge in [0.2, 0.25) is 0 Å². The first-order valence-corrected chi connectivity index (χ1v) is 10.2. The fraction of sp³-hybridized carbons (Fsp3) is 0.200. The van der Waals surface area contributed by atoms with Gasteiger partial charge in [-0.3, -0.25) is 0 Å². The highest BCUT2D eigenvalue weighted by Crippen LogP contribution is 2.44. The van der Waals surface area contributed by atoms with Crippen molar-refractivity contribution in [1.82, 2.24) is 4.90 Å². The third kappa shape index (κ3) is 3.24. The zero-order chi connectivity index (χ0) is 21.5. The molecule has 1 heterocycles. The number of nitrogens with zero attached hydrogens (tertiary/aromatic N) is 1. The Morgan fingerprint density at radius 1 is 0.968 bits per heavy atom. The summed E-state index contributed by atoms with van der Waals surface area (Å²) in [5.41, 5.74) is 5.26. The fourth-order valence-corrected chi connectivity index (χ4v) is 4.67. The zero-order valence-corrected chi connectivity index (χ0v) is 16.7. The molecule has 1 amide bonds. The molecule has 0 saturated carbocycles. The molecule has 1 aliphatic carbocycles. The average molecular weight is 417 g/mol. The van der Waals surface area contributed by atoms with E-state index in [0.717, 1.165) is 22.3 Å². The lowest BCUT2D eigenvalue weighted by Gasteiger charge is -2.29. The Kier molecular flexibility index (Phi) is 4.70. The van der Waals surface area contributed by atoms with E-state index >= 15 is 0 Å². The summed E-state index contributed by atoms with van der Waals surface area (Å²) in [6, 6.07) is 18.6. The first-order chi connectivity index (χ1) is 15.0. The van der Waals surface area contributed by atoms with Crippen LogP contribution in [0.5, 0.6) is 0 Å². The number of benzene rings is 3. The van der Waals surface area contributed by atoms with E-state index in [1.54, 1.807) is 0 Å². The molecular formula is C25H20FNO4. The molecule has 31 heavy (non-hydrogen) atoms. The number of aromatic carboxylic acids is 1. The highest BCUT2D eigenvalue weighted by atomic mass is 19.1. The number of carboxylic acid groups (broad SMARTS) is 1. The second-order valence-electron chi connectivity index (χ2n) is 7.83. The standard InChI is InChI=1S/C25H20FNO4/c26-23-10-9-20(24(28)29)21-13-27(12-11-19(21)23)25(30)31-14-22-17-7-3-1-5-15(17)16-6-2-4-8-18(16)22/h1-10,22H,11-14H2,(H,28,29). The monoisotopic (exact) mass is 417 g/mol. The summed E-state index contributed by atoms with van der Waals surface area (Å²) in [7, 11) is 0. The Morgan fingerprint density at radius 3 is 2.26 bits per heavy atom. The van der Waals surface area contributed by atoms with Crippen molar-refractivity contribution in [1.29, 1.82) is 0 Å². The molecule has 6 heteroatoms. The molecule has 0 fully saturated rings. The maximum absolute atomic E-state index is 14.1. The Morgan fingerprint density at radius 2 is 1.61 bits per heavy atom. The molecule has 0 unspecified atom stereocenters. The van der Waals surface area contributed by atoms with E-state index in [9.17, 15) is 19.1 Å². The van der Waals surface area contributed by atoms with Crippen molar-refractivity contribution in [2.45, 2.75) is 18.9 Å². The number of carbonyl (C=O) groups is 2. The topological polar surface area (TPSA) is 66.8 Å². The van der Waals surface area contributed by atoms with Crippen LogP contribution in [0.15, 0.2) is 60.7 Å². The van der Waals surface area contributed by atoms with Gasteiger partial charge in [0, 0.05) is 12.5 Å². The van der Waals surface area contributed by atoms with Crippen molar-refractivity contribution in [2.75, 3.05) is 13.2 Å². The molecule has 0 bridgehead atoms. The van der Waals surface area contributed by atoms with Crippen LogP contribution in [0.1, 0.15) is 38.5 Å².